The van der Waals surface area contributed by atoms with Crippen molar-refractivity contribution < 1.29 is 9.53 Å². The van der Waals surface area contributed by atoms with Crippen molar-refractivity contribution in [1.29, 1.82) is 0 Å². The zero-order valence-electron chi connectivity index (χ0n) is 10.6. The highest BCUT2D eigenvalue weighted by Gasteiger charge is 2.18. The Bertz CT molecular complexity index is 377. The van der Waals surface area contributed by atoms with Crippen LogP contribution in [-0.4, -0.2) is 36.7 Å². The Labute approximate surface area is 107 Å². The van der Waals surface area contributed by atoms with Crippen LogP contribution in [0.5, 0.6) is 0 Å². The molecule has 0 radical (unpaired) electrons. The lowest BCUT2D eigenvalue weighted by atomic mass is 10.1. The van der Waals surface area contributed by atoms with Gasteiger partial charge in [0.2, 0.25) is 5.91 Å². The Morgan fingerprint density at radius 2 is 2.39 bits per heavy atom. The molecule has 5 nitrogen and oxygen atoms in total. The first-order chi connectivity index (χ1) is 8.75. The summed E-state index contributed by atoms with van der Waals surface area (Å²) < 4.78 is 5.32. The van der Waals surface area contributed by atoms with Gasteiger partial charge in [0, 0.05) is 31.4 Å². The second kappa shape index (κ2) is 6.47. The van der Waals surface area contributed by atoms with Crippen LogP contribution in [0.15, 0.2) is 24.5 Å². The van der Waals surface area contributed by atoms with Crippen LogP contribution in [0.25, 0.3) is 0 Å². The van der Waals surface area contributed by atoms with Crippen molar-refractivity contribution in [2.45, 2.75) is 25.4 Å². The topological polar surface area (TPSA) is 63.2 Å². The van der Waals surface area contributed by atoms with Gasteiger partial charge >= 0.3 is 0 Å². The predicted octanol–water partition coefficient (Wildman–Crippen LogP) is 0.637. The lowest BCUT2D eigenvalue weighted by Gasteiger charge is -2.24. The molecule has 0 aromatic carbocycles. The highest BCUT2D eigenvalue weighted by molar-refractivity contribution is 5.77. The van der Waals surface area contributed by atoms with Crippen molar-refractivity contribution in [3.05, 3.63) is 30.1 Å². The average Bonchev–Trinajstić information content (AvgIpc) is 2.40. The fourth-order valence-corrected chi connectivity index (χ4v) is 2.01. The molecule has 1 aromatic heterocycles. The van der Waals surface area contributed by atoms with Crippen LogP contribution in [0.3, 0.4) is 0 Å². The summed E-state index contributed by atoms with van der Waals surface area (Å²) >= 11 is 0. The average molecular weight is 249 g/mol. The SMILES string of the molecule is CC(NC(=O)CC1COCCN1)c1ccncc1. The summed E-state index contributed by atoms with van der Waals surface area (Å²) in [5.41, 5.74) is 1.06. The summed E-state index contributed by atoms with van der Waals surface area (Å²) in [5, 5.41) is 6.25. The van der Waals surface area contributed by atoms with Crippen molar-refractivity contribution in [3.63, 3.8) is 0 Å². The van der Waals surface area contributed by atoms with Gasteiger partial charge in [0.05, 0.1) is 19.3 Å². The minimum atomic E-state index is 0.00464. The molecule has 2 rings (SSSR count). The second-order valence-electron chi connectivity index (χ2n) is 4.50. The van der Waals surface area contributed by atoms with Crippen molar-refractivity contribution in [1.82, 2.24) is 15.6 Å². The Hall–Kier alpha value is -1.46. The molecule has 1 aliphatic heterocycles. The molecule has 2 unspecified atom stereocenters. The Kier molecular flexibility index (Phi) is 4.66. The maximum absolute atomic E-state index is 11.9. The third kappa shape index (κ3) is 3.78. The summed E-state index contributed by atoms with van der Waals surface area (Å²) in [4.78, 5) is 15.8. The minimum absolute atomic E-state index is 0.00464. The lowest BCUT2D eigenvalue weighted by Crippen LogP contribution is -2.44. The van der Waals surface area contributed by atoms with Crippen molar-refractivity contribution >= 4 is 5.91 Å². The van der Waals surface area contributed by atoms with Crippen LogP contribution in [0.1, 0.15) is 24.9 Å². The fourth-order valence-electron chi connectivity index (χ4n) is 2.01. The molecule has 1 aliphatic rings. The molecule has 2 heterocycles. The second-order valence-corrected chi connectivity index (χ2v) is 4.50. The highest BCUT2D eigenvalue weighted by Crippen LogP contribution is 2.10. The van der Waals surface area contributed by atoms with Gasteiger partial charge in [-0.1, -0.05) is 0 Å². The van der Waals surface area contributed by atoms with Crippen LogP contribution in [0, 0.1) is 0 Å². The van der Waals surface area contributed by atoms with E-state index in [-0.39, 0.29) is 18.0 Å². The van der Waals surface area contributed by atoms with Crippen LogP contribution in [0.2, 0.25) is 0 Å². The lowest BCUT2D eigenvalue weighted by molar-refractivity contribution is -0.122. The number of aromatic nitrogens is 1. The summed E-state index contributed by atoms with van der Waals surface area (Å²) in [5.74, 6) is 0.0438. The van der Waals surface area contributed by atoms with E-state index in [1.165, 1.54) is 0 Å². The van der Waals surface area contributed by atoms with Crippen molar-refractivity contribution in [2.75, 3.05) is 19.8 Å². The molecular weight excluding hydrogens is 230 g/mol. The molecule has 1 amide bonds. The van der Waals surface area contributed by atoms with Crippen molar-refractivity contribution in [2.24, 2.45) is 0 Å². The first kappa shape index (κ1) is 13.0. The molecule has 0 spiro atoms. The molecule has 18 heavy (non-hydrogen) atoms. The van der Waals surface area contributed by atoms with E-state index in [1.54, 1.807) is 12.4 Å². The van der Waals surface area contributed by atoms with Gasteiger partial charge in [-0.15, -0.1) is 0 Å². The van der Waals surface area contributed by atoms with Gasteiger partial charge < -0.3 is 15.4 Å². The maximum atomic E-state index is 11.9. The van der Waals surface area contributed by atoms with Crippen LogP contribution in [-0.2, 0) is 9.53 Å². The van der Waals surface area contributed by atoms with Crippen LogP contribution in [0.4, 0.5) is 0 Å². The third-order valence-corrected chi connectivity index (χ3v) is 3.01. The van der Waals surface area contributed by atoms with Gasteiger partial charge in [-0.3, -0.25) is 9.78 Å². The predicted molar refractivity (Wildman–Crippen MR) is 68.0 cm³/mol. The molecule has 2 N–H and O–H groups in total. The highest BCUT2D eigenvalue weighted by atomic mass is 16.5. The largest absolute Gasteiger partial charge is 0.378 e. The minimum Gasteiger partial charge on any atom is -0.378 e. The van der Waals surface area contributed by atoms with E-state index in [0.717, 1.165) is 18.7 Å². The maximum Gasteiger partial charge on any atom is 0.222 e. The molecule has 1 saturated heterocycles. The van der Waals surface area contributed by atoms with Gasteiger partial charge in [0.15, 0.2) is 0 Å². The molecule has 0 saturated carbocycles. The van der Waals surface area contributed by atoms with E-state index < -0.39 is 0 Å². The summed E-state index contributed by atoms with van der Waals surface area (Å²) in [6.07, 6.45) is 3.92. The van der Waals surface area contributed by atoms with E-state index in [1.807, 2.05) is 19.1 Å². The van der Waals surface area contributed by atoms with Gasteiger partial charge in [-0.25, -0.2) is 0 Å². The molecule has 0 bridgehead atoms. The molecule has 0 aliphatic carbocycles. The number of hydrogen-bond acceptors (Lipinski definition) is 4. The van der Waals surface area contributed by atoms with E-state index in [2.05, 4.69) is 15.6 Å². The third-order valence-electron chi connectivity index (χ3n) is 3.01. The number of carbonyl (C=O) groups is 1. The molecular formula is C13H19N3O2. The van der Waals surface area contributed by atoms with E-state index in [0.29, 0.717) is 13.0 Å². The van der Waals surface area contributed by atoms with Gasteiger partial charge in [-0.2, -0.15) is 0 Å². The van der Waals surface area contributed by atoms with Gasteiger partial charge in [0.1, 0.15) is 0 Å². The van der Waals surface area contributed by atoms with E-state index >= 15 is 0 Å². The normalized spacial score (nSPS) is 21.3. The summed E-state index contributed by atoms with van der Waals surface area (Å²) in [6, 6.07) is 3.95. The summed E-state index contributed by atoms with van der Waals surface area (Å²) in [6.45, 7) is 4.12. The Morgan fingerprint density at radius 3 is 3.06 bits per heavy atom. The van der Waals surface area contributed by atoms with E-state index in [4.69, 9.17) is 4.74 Å². The number of nitrogens with one attached hydrogen (secondary N) is 2. The number of rotatable bonds is 4. The van der Waals surface area contributed by atoms with Crippen LogP contribution < -0.4 is 10.6 Å². The molecule has 1 aromatic rings. The smallest absolute Gasteiger partial charge is 0.222 e. The molecule has 98 valence electrons. The molecule has 5 heteroatoms. The van der Waals surface area contributed by atoms with Gasteiger partial charge in [0.25, 0.3) is 0 Å². The number of carbonyl (C=O) groups excluding carboxylic acids is 1. The zero-order valence-corrected chi connectivity index (χ0v) is 10.6. The summed E-state index contributed by atoms with van der Waals surface area (Å²) in [7, 11) is 0. The number of hydrogen-bond donors (Lipinski definition) is 2. The first-order valence-corrected chi connectivity index (χ1v) is 6.26. The monoisotopic (exact) mass is 249 g/mol. The Balaban J connectivity index is 1.80. The number of pyridine rings is 1. The van der Waals surface area contributed by atoms with Crippen molar-refractivity contribution in [3.8, 4) is 0 Å². The van der Waals surface area contributed by atoms with Gasteiger partial charge in [-0.05, 0) is 24.6 Å². The van der Waals surface area contributed by atoms with Crippen LogP contribution >= 0.6 is 0 Å². The quantitative estimate of drug-likeness (QED) is 0.822. The number of amides is 1. The van der Waals surface area contributed by atoms with E-state index in [9.17, 15) is 4.79 Å². The number of ether oxygens (including phenoxy) is 1. The number of morpholine rings is 1. The fraction of sp³-hybridized carbons (Fsp3) is 0.538. The molecule has 2 atom stereocenters. The zero-order chi connectivity index (χ0) is 12.8. The molecule has 1 fully saturated rings. The first-order valence-electron chi connectivity index (χ1n) is 6.26. The number of nitrogens with zero attached hydrogens (tertiary/aromatic N) is 1. The standard InChI is InChI=1S/C13H19N3O2/c1-10(11-2-4-14-5-3-11)16-13(17)8-12-9-18-7-6-15-12/h2-5,10,12,15H,6-9H2,1H3,(H,16,17). The Morgan fingerprint density at radius 1 is 1.61 bits per heavy atom.